The highest BCUT2D eigenvalue weighted by atomic mass is 79.9. The van der Waals surface area contributed by atoms with Crippen molar-refractivity contribution in [1.82, 2.24) is 0 Å². The van der Waals surface area contributed by atoms with Crippen LogP contribution in [-0.4, -0.2) is 0 Å². The molecule has 1 unspecified atom stereocenters. The molecular formula is C13H5BrF6. The fourth-order valence-corrected chi connectivity index (χ4v) is 2.35. The molecule has 0 radical (unpaired) electrons. The van der Waals surface area contributed by atoms with Gasteiger partial charge < -0.3 is 0 Å². The third-order valence-electron chi connectivity index (χ3n) is 2.66. The summed E-state index contributed by atoms with van der Waals surface area (Å²) in [5.74, 6) is -10.7. The first-order valence-electron chi connectivity index (χ1n) is 5.25. The highest BCUT2D eigenvalue weighted by Gasteiger charge is 2.29. The predicted molar refractivity (Wildman–Crippen MR) is 63.4 cm³/mol. The van der Waals surface area contributed by atoms with Crippen LogP contribution < -0.4 is 0 Å². The molecule has 0 aromatic heterocycles. The van der Waals surface area contributed by atoms with Gasteiger partial charge in [-0.25, -0.2) is 26.3 Å². The summed E-state index contributed by atoms with van der Waals surface area (Å²) in [6.45, 7) is 0. The van der Waals surface area contributed by atoms with Gasteiger partial charge in [-0.15, -0.1) is 0 Å². The van der Waals surface area contributed by atoms with Crippen LogP contribution in [0.4, 0.5) is 26.3 Å². The summed E-state index contributed by atoms with van der Waals surface area (Å²) in [4.78, 5) is -1.30. The van der Waals surface area contributed by atoms with Gasteiger partial charge in [-0.3, -0.25) is 0 Å². The molecule has 0 heterocycles. The Morgan fingerprint density at radius 3 is 1.50 bits per heavy atom. The van der Waals surface area contributed by atoms with Crippen LogP contribution in [0.3, 0.4) is 0 Å². The zero-order chi connectivity index (χ0) is 15.0. The van der Waals surface area contributed by atoms with Crippen molar-refractivity contribution in [1.29, 1.82) is 0 Å². The molecule has 2 aromatic rings. The van der Waals surface area contributed by atoms with Crippen LogP contribution in [0.25, 0.3) is 0 Å². The fourth-order valence-electron chi connectivity index (χ4n) is 1.64. The van der Waals surface area contributed by atoms with E-state index in [0.29, 0.717) is 0 Å². The van der Waals surface area contributed by atoms with Crippen LogP contribution in [0.5, 0.6) is 0 Å². The molecule has 0 aliphatic heterocycles. The van der Waals surface area contributed by atoms with E-state index in [0.717, 1.165) is 12.1 Å². The highest BCUT2D eigenvalue weighted by molar-refractivity contribution is 9.09. The average Bonchev–Trinajstić information content (AvgIpc) is 2.44. The molecule has 7 heteroatoms. The minimum Gasteiger partial charge on any atom is -0.207 e. The van der Waals surface area contributed by atoms with E-state index in [9.17, 15) is 26.3 Å². The summed E-state index contributed by atoms with van der Waals surface area (Å²) < 4.78 is 79.1. The molecule has 0 amide bonds. The fraction of sp³-hybridized carbons (Fsp3) is 0.0769. The van der Waals surface area contributed by atoms with E-state index in [1.165, 1.54) is 12.1 Å². The molecule has 0 saturated carbocycles. The van der Waals surface area contributed by atoms with E-state index >= 15 is 0 Å². The summed E-state index contributed by atoms with van der Waals surface area (Å²) in [7, 11) is 0. The molecule has 2 aromatic carbocycles. The maximum absolute atomic E-state index is 13.6. The van der Waals surface area contributed by atoms with Crippen LogP contribution in [0.2, 0.25) is 0 Å². The largest absolute Gasteiger partial charge is 0.207 e. The summed E-state index contributed by atoms with van der Waals surface area (Å²) in [5, 5.41) is 0. The van der Waals surface area contributed by atoms with Crippen LogP contribution in [0.15, 0.2) is 24.3 Å². The van der Waals surface area contributed by atoms with Crippen molar-refractivity contribution in [2.24, 2.45) is 0 Å². The Morgan fingerprint density at radius 2 is 1.05 bits per heavy atom. The zero-order valence-corrected chi connectivity index (χ0v) is 11.1. The summed E-state index contributed by atoms with van der Waals surface area (Å²) in [6, 6.07) is 4.37. The van der Waals surface area contributed by atoms with Gasteiger partial charge in [0.1, 0.15) is 5.82 Å². The molecular weight excluding hydrogens is 350 g/mol. The first-order valence-corrected chi connectivity index (χ1v) is 6.17. The minimum absolute atomic E-state index is 0.148. The number of halogens is 7. The molecule has 0 bridgehead atoms. The molecule has 0 aliphatic rings. The van der Waals surface area contributed by atoms with Crippen LogP contribution >= 0.6 is 15.9 Å². The molecule has 0 saturated heterocycles. The Kier molecular flexibility index (Phi) is 4.08. The Bertz CT molecular complexity index is 624. The minimum atomic E-state index is -2.22. The zero-order valence-electron chi connectivity index (χ0n) is 9.53. The van der Waals surface area contributed by atoms with Crippen molar-refractivity contribution in [3.8, 4) is 0 Å². The summed E-state index contributed by atoms with van der Waals surface area (Å²) in [5.41, 5.74) is -0.873. The topological polar surface area (TPSA) is 0 Å². The number of hydrogen-bond donors (Lipinski definition) is 0. The molecule has 0 N–H and O–H groups in total. The molecule has 0 nitrogen and oxygen atoms in total. The first kappa shape index (κ1) is 14.9. The van der Waals surface area contributed by atoms with Crippen molar-refractivity contribution in [2.75, 3.05) is 0 Å². The van der Waals surface area contributed by atoms with Crippen molar-refractivity contribution in [2.45, 2.75) is 4.83 Å². The Hall–Kier alpha value is -1.50. The van der Waals surface area contributed by atoms with Gasteiger partial charge in [0.25, 0.3) is 0 Å². The van der Waals surface area contributed by atoms with Gasteiger partial charge in [0.2, 0.25) is 5.82 Å². The lowest BCUT2D eigenvalue weighted by Gasteiger charge is -2.14. The second-order valence-electron chi connectivity index (χ2n) is 3.90. The lowest BCUT2D eigenvalue weighted by atomic mass is 10.0. The maximum Gasteiger partial charge on any atom is 0.200 e. The normalized spacial score (nSPS) is 12.6. The van der Waals surface area contributed by atoms with Crippen molar-refractivity contribution in [3.05, 3.63) is 70.3 Å². The monoisotopic (exact) mass is 354 g/mol. The van der Waals surface area contributed by atoms with E-state index in [-0.39, 0.29) is 5.56 Å². The lowest BCUT2D eigenvalue weighted by molar-refractivity contribution is 0.371. The van der Waals surface area contributed by atoms with Gasteiger partial charge in [0, 0.05) is 5.56 Å². The Labute approximate surface area is 118 Å². The summed E-state index contributed by atoms with van der Waals surface area (Å²) in [6.07, 6.45) is 0. The van der Waals surface area contributed by atoms with E-state index < -0.39 is 45.3 Å². The SMILES string of the molecule is Fc1ccc(C(Br)c2c(F)c(F)c(F)c(F)c2F)cc1. The van der Waals surface area contributed by atoms with Crippen molar-refractivity contribution >= 4 is 15.9 Å². The van der Waals surface area contributed by atoms with Crippen LogP contribution in [0, 0.1) is 34.9 Å². The van der Waals surface area contributed by atoms with E-state index in [1.54, 1.807) is 0 Å². The second kappa shape index (κ2) is 5.47. The van der Waals surface area contributed by atoms with Gasteiger partial charge in [0.05, 0.1) is 4.83 Å². The number of alkyl halides is 1. The molecule has 0 spiro atoms. The van der Waals surface area contributed by atoms with E-state index in [4.69, 9.17) is 0 Å². The van der Waals surface area contributed by atoms with Crippen LogP contribution in [-0.2, 0) is 0 Å². The third kappa shape index (κ3) is 2.42. The van der Waals surface area contributed by atoms with Crippen molar-refractivity contribution in [3.63, 3.8) is 0 Å². The third-order valence-corrected chi connectivity index (χ3v) is 3.65. The smallest absolute Gasteiger partial charge is 0.200 e. The van der Waals surface area contributed by atoms with Crippen molar-refractivity contribution < 1.29 is 26.3 Å². The molecule has 0 fully saturated rings. The molecule has 106 valence electrons. The molecule has 0 aliphatic carbocycles. The standard InChI is InChI=1S/C13H5BrF6/c14-8(5-1-3-6(15)4-2-5)7-9(16)11(18)13(20)12(19)10(7)17/h1-4,8H. The van der Waals surface area contributed by atoms with Gasteiger partial charge in [-0.05, 0) is 17.7 Å². The highest BCUT2D eigenvalue weighted by Crippen LogP contribution is 2.36. The maximum atomic E-state index is 13.6. The average molecular weight is 355 g/mol. The molecule has 2 rings (SSSR count). The quantitative estimate of drug-likeness (QED) is 0.308. The lowest BCUT2D eigenvalue weighted by Crippen LogP contribution is -2.09. The second-order valence-corrected chi connectivity index (χ2v) is 4.81. The molecule has 20 heavy (non-hydrogen) atoms. The first-order chi connectivity index (χ1) is 9.34. The van der Waals surface area contributed by atoms with Gasteiger partial charge >= 0.3 is 0 Å². The number of rotatable bonds is 2. The molecule has 1 atom stereocenters. The van der Waals surface area contributed by atoms with Gasteiger partial charge in [0.15, 0.2) is 23.3 Å². The summed E-state index contributed by atoms with van der Waals surface area (Å²) >= 11 is 2.85. The number of benzene rings is 2. The Balaban J connectivity index is 2.60. The van der Waals surface area contributed by atoms with E-state index in [2.05, 4.69) is 15.9 Å². The van der Waals surface area contributed by atoms with Gasteiger partial charge in [-0.1, -0.05) is 28.1 Å². The van der Waals surface area contributed by atoms with Crippen LogP contribution in [0.1, 0.15) is 16.0 Å². The Morgan fingerprint density at radius 1 is 0.650 bits per heavy atom. The van der Waals surface area contributed by atoms with Gasteiger partial charge in [-0.2, -0.15) is 0 Å². The van der Waals surface area contributed by atoms with E-state index in [1.807, 2.05) is 0 Å². The predicted octanol–water partition coefficient (Wildman–Crippen LogP) is 5.01. The number of hydrogen-bond acceptors (Lipinski definition) is 0.